The van der Waals surface area contributed by atoms with Crippen LogP contribution in [0.2, 0.25) is 0 Å². The quantitative estimate of drug-likeness (QED) is 0.914. The van der Waals surface area contributed by atoms with Crippen LogP contribution in [-0.2, 0) is 20.7 Å². The molecule has 0 bridgehead atoms. The highest BCUT2D eigenvalue weighted by atomic mass is 16.5. The number of carbonyl (C=O) groups is 2. The van der Waals surface area contributed by atoms with E-state index in [9.17, 15) is 9.59 Å². The van der Waals surface area contributed by atoms with Crippen LogP contribution in [0.1, 0.15) is 29.9 Å². The van der Waals surface area contributed by atoms with Gasteiger partial charge in [0.15, 0.2) is 0 Å². The average Bonchev–Trinajstić information content (AvgIpc) is 2.90. The van der Waals surface area contributed by atoms with Crippen LogP contribution >= 0.6 is 0 Å². The largest absolute Gasteiger partial charge is 0.481 e. The van der Waals surface area contributed by atoms with Crippen molar-refractivity contribution in [2.45, 2.75) is 31.2 Å². The lowest BCUT2D eigenvalue weighted by Crippen LogP contribution is -2.50. The minimum absolute atomic E-state index is 0.0505. The van der Waals surface area contributed by atoms with E-state index in [4.69, 9.17) is 9.84 Å². The number of fused-ring (bicyclic) bond motifs is 1. The SMILES string of the molecule is O=C(O)CC1COCCN1C(=O)C1CCc2ccccc21. The van der Waals surface area contributed by atoms with E-state index in [2.05, 4.69) is 6.07 Å². The maximum absolute atomic E-state index is 12.8. The highest BCUT2D eigenvalue weighted by Gasteiger charge is 2.36. The molecule has 2 aliphatic rings. The van der Waals surface area contributed by atoms with Gasteiger partial charge in [-0.15, -0.1) is 0 Å². The number of ether oxygens (including phenoxy) is 1. The molecule has 5 heteroatoms. The second-order valence-electron chi connectivity index (χ2n) is 5.65. The normalized spacial score (nSPS) is 24.7. The van der Waals surface area contributed by atoms with E-state index in [0.717, 1.165) is 18.4 Å². The van der Waals surface area contributed by atoms with Gasteiger partial charge in [0.05, 0.1) is 31.6 Å². The van der Waals surface area contributed by atoms with E-state index >= 15 is 0 Å². The summed E-state index contributed by atoms with van der Waals surface area (Å²) in [6, 6.07) is 7.68. The number of benzene rings is 1. The Morgan fingerprint density at radius 1 is 1.33 bits per heavy atom. The number of carbonyl (C=O) groups excluding carboxylic acids is 1. The van der Waals surface area contributed by atoms with Crippen LogP contribution < -0.4 is 0 Å². The Labute approximate surface area is 123 Å². The minimum atomic E-state index is -0.893. The van der Waals surface area contributed by atoms with Gasteiger partial charge in [-0.2, -0.15) is 0 Å². The maximum Gasteiger partial charge on any atom is 0.305 e. The Hall–Kier alpha value is -1.88. The molecule has 0 radical (unpaired) electrons. The number of hydrogen-bond acceptors (Lipinski definition) is 3. The molecule has 1 fully saturated rings. The number of hydrogen-bond donors (Lipinski definition) is 1. The van der Waals surface area contributed by atoms with Crippen LogP contribution in [0.5, 0.6) is 0 Å². The standard InChI is InChI=1S/C16H19NO4/c18-15(19)9-12-10-21-8-7-17(12)16(20)14-6-5-11-3-1-2-4-13(11)14/h1-4,12,14H,5-10H2,(H,18,19). The number of rotatable bonds is 3. The summed E-state index contributed by atoms with van der Waals surface area (Å²) >= 11 is 0. The summed E-state index contributed by atoms with van der Waals surface area (Å²) in [4.78, 5) is 25.5. The lowest BCUT2D eigenvalue weighted by atomic mass is 9.98. The van der Waals surface area contributed by atoms with Gasteiger partial charge in [0.1, 0.15) is 0 Å². The Balaban J connectivity index is 1.79. The molecule has 1 aliphatic carbocycles. The Morgan fingerprint density at radius 2 is 2.14 bits per heavy atom. The fourth-order valence-corrected chi connectivity index (χ4v) is 3.33. The Bertz CT molecular complexity index is 557. The van der Waals surface area contributed by atoms with Crippen molar-refractivity contribution < 1.29 is 19.4 Å². The number of aryl methyl sites for hydroxylation is 1. The van der Waals surface area contributed by atoms with Gasteiger partial charge in [0.2, 0.25) is 5.91 Å². The molecule has 2 atom stereocenters. The molecular formula is C16H19NO4. The minimum Gasteiger partial charge on any atom is -0.481 e. The van der Waals surface area contributed by atoms with Crippen molar-refractivity contribution in [3.05, 3.63) is 35.4 Å². The van der Waals surface area contributed by atoms with Gasteiger partial charge in [-0.05, 0) is 24.0 Å². The van der Waals surface area contributed by atoms with Crippen LogP contribution in [0.25, 0.3) is 0 Å². The average molecular weight is 289 g/mol. The fourth-order valence-electron chi connectivity index (χ4n) is 3.33. The topological polar surface area (TPSA) is 66.8 Å². The fraction of sp³-hybridized carbons (Fsp3) is 0.500. The monoisotopic (exact) mass is 289 g/mol. The molecule has 1 saturated heterocycles. The molecule has 0 aromatic heterocycles. The van der Waals surface area contributed by atoms with Crippen molar-refractivity contribution in [3.63, 3.8) is 0 Å². The van der Waals surface area contributed by atoms with E-state index in [1.807, 2.05) is 18.2 Å². The van der Waals surface area contributed by atoms with E-state index in [-0.39, 0.29) is 24.3 Å². The van der Waals surface area contributed by atoms with Gasteiger partial charge < -0.3 is 14.7 Å². The van der Waals surface area contributed by atoms with Crippen LogP contribution in [0, 0.1) is 0 Å². The lowest BCUT2D eigenvalue weighted by molar-refractivity contribution is -0.147. The highest BCUT2D eigenvalue weighted by molar-refractivity contribution is 5.86. The van der Waals surface area contributed by atoms with Crippen LogP contribution in [0.4, 0.5) is 0 Å². The second-order valence-corrected chi connectivity index (χ2v) is 5.65. The van der Waals surface area contributed by atoms with E-state index < -0.39 is 5.97 Å². The number of carboxylic acids is 1. The smallest absolute Gasteiger partial charge is 0.305 e. The summed E-state index contributed by atoms with van der Waals surface area (Å²) < 4.78 is 5.34. The molecule has 1 aromatic carbocycles. The molecule has 21 heavy (non-hydrogen) atoms. The highest BCUT2D eigenvalue weighted by Crippen LogP contribution is 2.35. The van der Waals surface area contributed by atoms with Crippen molar-refractivity contribution in [1.29, 1.82) is 0 Å². The first kappa shape index (κ1) is 14.1. The summed E-state index contributed by atoms with van der Waals surface area (Å²) in [6.45, 7) is 1.28. The molecule has 3 rings (SSSR count). The molecule has 5 nitrogen and oxygen atoms in total. The first-order valence-electron chi connectivity index (χ1n) is 7.34. The van der Waals surface area contributed by atoms with Gasteiger partial charge in [0.25, 0.3) is 0 Å². The van der Waals surface area contributed by atoms with Crippen molar-refractivity contribution in [2.24, 2.45) is 0 Å². The van der Waals surface area contributed by atoms with E-state index in [0.29, 0.717) is 19.8 Å². The van der Waals surface area contributed by atoms with Crippen LogP contribution in [0.15, 0.2) is 24.3 Å². The van der Waals surface area contributed by atoms with Crippen molar-refractivity contribution in [2.75, 3.05) is 19.8 Å². The summed E-state index contributed by atoms with van der Waals surface area (Å²) in [5.74, 6) is -0.972. The number of amides is 1. The Morgan fingerprint density at radius 3 is 2.95 bits per heavy atom. The summed E-state index contributed by atoms with van der Waals surface area (Å²) in [7, 11) is 0. The van der Waals surface area contributed by atoms with Gasteiger partial charge in [-0.3, -0.25) is 9.59 Å². The molecular weight excluding hydrogens is 270 g/mol. The predicted octanol–water partition coefficient (Wildman–Crippen LogP) is 1.42. The molecule has 112 valence electrons. The number of aliphatic carboxylic acids is 1. The molecule has 0 saturated carbocycles. The zero-order valence-corrected chi connectivity index (χ0v) is 11.8. The van der Waals surface area contributed by atoms with Crippen LogP contribution in [0.3, 0.4) is 0 Å². The van der Waals surface area contributed by atoms with E-state index in [1.54, 1.807) is 4.90 Å². The van der Waals surface area contributed by atoms with Gasteiger partial charge in [-0.25, -0.2) is 0 Å². The predicted molar refractivity (Wildman–Crippen MR) is 76.1 cm³/mol. The molecule has 2 unspecified atom stereocenters. The molecule has 1 aromatic rings. The molecule has 1 heterocycles. The lowest BCUT2D eigenvalue weighted by Gasteiger charge is -2.36. The molecule has 0 spiro atoms. The van der Waals surface area contributed by atoms with Gasteiger partial charge in [0, 0.05) is 6.54 Å². The summed E-state index contributed by atoms with van der Waals surface area (Å²) in [6.07, 6.45) is 1.68. The second kappa shape index (κ2) is 5.85. The number of nitrogens with zero attached hydrogens (tertiary/aromatic N) is 1. The first-order valence-corrected chi connectivity index (χ1v) is 7.34. The first-order chi connectivity index (χ1) is 10.2. The third-order valence-electron chi connectivity index (χ3n) is 4.35. The summed E-state index contributed by atoms with van der Waals surface area (Å²) in [5.41, 5.74) is 2.34. The maximum atomic E-state index is 12.8. The zero-order chi connectivity index (χ0) is 14.8. The third kappa shape index (κ3) is 2.78. The van der Waals surface area contributed by atoms with Crippen molar-refractivity contribution in [1.82, 2.24) is 4.90 Å². The number of carboxylic acid groups (broad SMARTS) is 1. The zero-order valence-electron chi connectivity index (χ0n) is 11.8. The van der Waals surface area contributed by atoms with Gasteiger partial charge in [-0.1, -0.05) is 24.3 Å². The van der Waals surface area contributed by atoms with Crippen LogP contribution in [-0.4, -0.2) is 47.7 Å². The molecule has 1 amide bonds. The van der Waals surface area contributed by atoms with Crippen molar-refractivity contribution >= 4 is 11.9 Å². The third-order valence-corrected chi connectivity index (χ3v) is 4.35. The molecule has 1 N–H and O–H groups in total. The number of morpholine rings is 1. The Kier molecular flexibility index (Phi) is 3.92. The van der Waals surface area contributed by atoms with Gasteiger partial charge >= 0.3 is 5.97 Å². The molecule has 1 aliphatic heterocycles. The summed E-state index contributed by atoms with van der Waals surface area (Å²) in [5, 5.41) is 8.99. The van der Waals surface area contributed by atoms with E-state index in [1.165, 1.54) is 5.56 Å². The van der Waals surface area contributed by atoms with Crippen molar-refractivity contribution in [3.8, 4) is 0 Å².